The fourth-order valence-corrected chi connectivity index (χ4v) is 3.39. The highest BCUT2D eigenvalue weighted by molar-refractivity contribution is 7.99. The molecule has 0 bridgehead atoms. The minimum absolute atomic E-state index is 0.380. The summed E-state index contributed by atoms with van der Waals surface area (Å²) < 4.78 is 2.04. The third-order valence-corrected chi connectivity index (χ3v) is 5.00. The van der Waals surface area contributed by atoms with Gasteiger partial charge in [0.2, 0.25) is 0 Å². The second-order valence-corrected chi connectivity index (χ2v) is 6.20. The molecule has 1 atom stereocenters. The van der Waals surface area contributed by atoms with E-state index in [0.29, 0.717) is 5.25 Å². The van der Waals surface area contributed by atoms with Crippen LogP contribution in [0, 0.1) is 0 Å². The van der Waals surface area contributed by atoms with Crippen molar-refractivity contribution in [3.8, 4) is 11.4 Å². The van der Waals surface area contributed by atoms with E-state index >= 15 is 0 Å². The zero-order valence-electron chi connectivity index (χ0n) is 12.7. The van der Waals surface area contributed by atoms with E-state index in [2.05, 4.69) is 46.4 Å². The van der Waals surface area contributed by atoms with Gasteiger partial charge in [-0.15, -0.1) is 10.2 Å². The second kappa shape index (κ2) is 6.75. The van der Waals surface area contributed by atoms with Crippen LogP contribution in [0.2, 0.25) is 0 Å². The predicted molar refractivity (Wildman–Crippen MR) is 89.6 cm³/mol. The Morgan fingerprint density at radius 2 is 1.91 bits per heavy atom. The standard InChI is InChI=1S/C17H18N4S/c1-3-15(13-8-5-4-6-9-13)22-17-20-19-16(21(17)2)14-10-7-11-18-12-14/h4-12,15H,3H2,1-2H3/t15-/m1/s1. The molecule has 2 aromatic heterocycles. The van der Waals surface area contributed by atoms with Gasteiger partial charge in [-0.1, -0.05) is 49.0 Å². The van der Waals surface area contributed by atoms with Crippen LogP contribution in [0.4, 0.5) is 0 Å². The van der Waals surface area contributed by atoms with Gasteiger partial charge in [0.05, 0.1) is 0 Å². The van der Waals surface area contributed by atoms with Gasteiger partial charge in [0.25, 0.3) is 0 Å². The van der Waals surface area contributed by atoms with Crippen molar-refractivity contribution in [3.63, 3.8) is 0 Å². The topological polar surface area (TPSA) is 43.6 Å². The number of benzene rings is 1. The second-order valence-electron chi connectivity index (χ2n) is 5.03. The molecule has 0 N–H and O–H groups in total. The molecule has 0 spiro atoms. The van der Waals surface area contributed by atoms with Crippen LogP contribution in [0.15, 0.2) is 60.0 Å². The van der Waals surface area contributed by atoms with Crippen LogP contribution >= 0.6 is 11.8 Å². The van der Waals surface area contributed by atoms with E-state index in [-0.39, 0.29) is 0 Å². The molecule has 0 fully saturated rings. The molecule has 0 radical (unpaired) electrons. The predicted octanol–water partition coefficient (Wildman–Crippen LogP) is 4.12. The van der Waals surface area contributed by atoms with E-state index in [1.807, 2.05) is 36.0 Å². The highest BCUT2D eigenvalue weighted by Gasteiger charge is 2.17. The molecule has 2 heterocycles. The van der Waals surface area contributed by atoms with Crippen molar-refractivity contribution < 1.29 is 0 Å². The first-order valence-corrected chi connectivity index (χ1v) is 8.19. The Morgan fingerprint density at radius 3 is 2.59 bits per heavy atom. The van der Waals surface area contributed by atoms with Crippen molar-refractivity contribution >= 4 is 11.8 Å². The van der Waals surface area contributed by atoms with Crippen LogP contribution in [0.3, 0.4) is 0 Å². The van der Waals surface area contributed by atoms with Crippen molar-refractivity contribution in [1.82, 2.24) is 19.7 Å². The number of thioether (sulfide) groups is 1. The molecule has 0 aliphatic heterocycles. The molecule has 3 aromatic rings. The summed E-state index contributed by atoms with van der Waals surface area (Å²) in [4.78, 5) is 4.15. The van der Waals surface area contributed by atoms with Crippen molar-refractivity contribution in [2.45, 2.75) is 23.8 Å². The maximum absolute atomic E-state index is 4.35. The maximum atomic E-state index is 4.35. The Hall–Kier alpha value is -2.14. The van der Waals surface area contributed by atoms with Crippen LogP contribution in [0.25, 0.3) is 11.4 Å². The molecule has 22 heavy (non-hydrogen) atoms. The van der Waals surface area contributed by atoms with Gasteiger partial charge in [-0.25, -0.2) is 0 Å². The molecular formula is C17H18N4S. The highest BCUT2D eigenvalue weighted by atomic mass is 32.2. The molecule has 0 amide bonds. The average Bonchev–Trinajstić information content (AvgIpc) is 2.95. The van der Waals surface area contributed by atoms with Gasteiger partial charge in [-0.2, -0.15) is 0 Å². The Balaban J connectivity index is 1.86. The molecule has 0 aliphatic rings. The summed E-state index contributed by atoms with van der Waals surface area (Å²) in [5, 5.41) is 9.98. The molecule has 0 saturated heterocycles. The van der Waals surface area contributed by atoms with Gasteiger partial charge in [-0.3, -0.25) is 4.98 Å². The lowest BCUT2D eigenvalue weighted by molar-refractivity contribution is 0.782. The number of aromatic nitrogens is 4. The van der Waals surface area contributed by atoms with Gasteiger partial charge >= 0.3 is 0 Å². The average molecular weight is 310 g/mol. The first-order chi connectivity index (χ1) is 10.8. The smallest absolute Gasteiger partial charge is 0.191 e. The third kappa shape index (κ3) is 3.04. The van der Waals surface area contributed by atoms with Gasteiger partial charge in [0, 0.05) is 30.3 Å². The molecule has 0 unspecified atom stereocenters. The molecule has 5 heteroatoms. The van der Waals surface area contributed by atoms with Gasteiger partial charge in [-0.05, 0) is 24.1 Å². The van der Waals surface area contributed by atoms with Crippen LogP contribution < -0.4 is 0 Å². The van der Waals surface area contributed by atoms with E-state index in [1.165, 1.54) is 5.56 Å². The Labute approximate surface area is 134 Å². The summed E-state index contributed by atoms with van der Waals surface area (Å²) in [5.41, 5.74) is 2.30. The van der Waals surface area contributed by atoms with Gasteiger partial charge in [0.1, 0.15) is 0 Å². The van der Waals surface area contributed by atoms with Crippen LogP contribution in [0.5, 0.6) is 0 Å². The molecule has 0 saturated carbocycles. The number of rotatable bonds is 5. The molecule has 0 aliphatic carbocycles. The number of hydrogen-bond donors (Lipinski definition) is 0. The summed E-state index contributed by atoms with van der Waals surface area (Å²) in [5.74, 6) is 0.846. The zero-order chi connectivity index (χ0) is 15.4. The largest absolute Gasteiger partial charge is 0.305 e. The van der Waals surface area contributed by atoms with E-state index in [9.17, 15) is 0 Å². The zero-order valence-corrected chi connectivity index (χ0v) is 13.5. The lowest BCUT2D eigenvalue weighted by Crippen LogP contribution is -1.98. The normalized spacial score (nSPS) is 12.3. The van der Waals surface area contributed by atoms with Crippen molar-refractivity contribution in [1.29, 1.82) is 0 Å². The lowest BCUT2D eigenvalue weighted by Gasteiger charge is -2.14. The summed E-state index contributed by atoms with van der Waals surface area (Å²) in [6, 6.07) is 14.4. The van der Waals surface area contributed by atoms with Crippen LogP contribution in [-0.4, -0.2) is 19.7 Å². The Bertz CT molecular complexity index is 725. The fraction of sp³-hybridized carbons (Fsp3) is 0.235. The van der Waals surface area contributed by atoms with Crippen LogP contribution in [-0.2, 0) is 7.05 Å². The van der Waals surface area contributed by atoms with Crippen LogP contribution in [0.1, 0.15) is 24.2 Å². The quantitative estimate of drug-likeness (QED) is 0.665. The van der Waals surface area contributed by atoms with E-state index < -0.39 is 0 Å². The monoisotopic (exact) mass is 310 g/mol. The summed E-state index contributed by atoms with van der Waals surface area (Å²) in [7, 11) is 2.00. The van der Waals surface area contributed by atoms with E-state index in [0.717, 1.165) is 23.0 Å². The molecular weight excluding hydrogens is 292 g/mol. The highest BCUT2D eigenvalue weighted by Crippen LogP contribution is 2.37. The van der Waals surface area contributed by atoms with E-state index in [1.54, 1.807) is 18.0 Å². The van der Waals surface area contributed by atoms with Gasteiger partial charge in [0.15, 0.2) is 11.0 Å². The fourth-order valence-electron chi connectivity index (χ4n) is 2.35. The van der Waals surface area contributed by atoms with Crippen molar-refractivity contribution in [2.24, 2.45) is 7.05 Å². The van der Waals surface area contributed by atoms with E-state index in [4.69, 9.17) is 0 Å². The SMILES string of the molecule is CC[C@@H](Sc1nnc(-c2cccnc2)n1C)c1ccccc1. The molecule has 112 valence electrons. The Kier molecular flexibility index (Phi) is 4.53. The third-order valence-electron chi connectivity index (χ3n) is 3.54. The maximum Gasteiger partial charge on any atom is 0.191 e. The number of nitrogens with zero attached hydrogens (tertiary/aromatic N) is 4. The summed E-state index contributed by atoms with van der Waals surface area (Å²) in [6.07, 6.45) is 4.62. The molecule has 1 aromatic carbocycles. The minimum Gasteiger partial charge on any atom is -0.305 e. The Morgan fingerprint density at radius 1 is 1.09 bits per heavy atom. The summed E-state index contributed by atoms with van der Waals surface area (Å²) in [6.45, 7) is 2.20. The molecule has 3 rings (SSSR count). The summed E-state index contributed by atoms with van der Waals surface area (Å²) >= 11 is 1.75. The molecule has 4 nitrogen and oxygen atoms in total. The first-order valence-electron chi connectivity index (χ1n) is 7.31. The lowest BCUT2D eigenvalue weighted by atomic mass is 10.1. The minimum atomic E-state index is 0.380. The van der Waals surface area contributed by atoms with Gasteiger partial charge < -0.3 is 4.57 Å². The number of pyridine rings is 1. The number of hydrogen-bond acceptors (Lipinski definition) is 4. The van der Waals surface area contributed by atoms with Crippen molar-refractivity contribution in [2.75, 3.05) is 0 Å². The first kappa shape index (κ1) is 14.8. The van der Waals surface area contributed by atoms with Crippen molar-refractivity contribution in [3.05, 3.63) is 60.4 Å².